The number of hydrogen-bond acceptors (Lipinski definition) is 4. The highest BCUT2D eigenvalue weighted by molar-refractivity contribution is 7.99. The zero-order valence-corrected chi connectivity index (χ0v) is 12.6. The van der Waals surface area contributed by atoms with Crippen molar-refractivity contribution in [3.05, 3.63) is 0 Å². The van der Waals surface area contributed by atoms with E-state index in [0.717, 1.165) is 12.4 Å². The summed E-state index contributed by atoms with van der Waals surface area (Å²) in [6, 6.07) is 0. The van der Waals surface area contributed by atoms with E-state index in [1.165, 1.54) is 12.2 Å². The lowest BCUT2D eigenvalue weighted by molar-refractivity contribution is 0.0286. The highest BCUT2D eigenvalue weighted by atomic mass is 32.2. The number of thioether (sulfide) groups is 1. The zero-order chi connectivity index (χ0) is 13.0. The van der Waals surface area contributed by atoms with Crippen molar-refractivity contribution in [3.8, 4) is 0 Å². The fraction of sp³-hybridized carbons (Fsp3) is 1.00. The Morgan fingerprint density at radius 3 is 2.00 bits per heavy atom. The van der Waals surface area contributed by atoms with E-state index in [1.54, 1.807) is 7.11 Å². The number of hydrogen-bond donors (Lipinski definition) is 0. The summed E-state index contributed by atoms with van der Waals surface area (Å²) in [6.45, 7) is 10.3. The maximum absolute atomic E-state index is 5.46. The van der Waals surface area contributed by atoms with E-state index in [4.69, 9.17) is 14.2 Å². The highest BCUT2D eigenvalue weighted by Gasteiger charge is 2.08. The van der Waals surface area contributed by atoms with Gasteiger partial charge in [0.05, 0.1) is 33.0 Å². The van der Waals surface area contributed by atoms with Crippen molar-refractivity contribution in [2.24, 2.45) is 5.41 Å². The fourth-order valence-electron chi connectivity index (χ4n) is 1.06. The lowest BCUT2D eigenvalue weighted by atomic mass is 9.94. The molecule has 0 N–H and O–H groups in total. The van der Waals surface area contributed by atoms with Crippen molar-refractivity contribution in [2.45, 2.75) is 27.2 Å². The molecule has 3 nitrogen and oxygen atoms in total. The molecule has 0 unspecified atom stereocenters. The molecule has 0 aromatic carbocycles. The molecule has 0 saturated carbocycles. The Morgan fingerprint density at radius 1 is 0.824 bits per heavy atom. The summed E-state index contributed by atoms with van der Waals surface area (Å²) in [6.07, 6.45) is 1.26. The smallest absolute Gasteiger partial charge is 0.0701 e. The molecule has 0 aliphatic carbocycles. The van der Waals surface area contributed by atoms with Crippen LogP contribution in [-0.2, 0) is 14.2 Å². The minimum Gasteiger partial charge on any atom is -0.382 e. The largest absolute Gasteiger partial charge is 0.382 e. The first-order valence-electron chi connectivity index (χ1n) is 6.28. The van der Waals surface area contributed by atoms with Crippen molar-refractivity contribution in [1.29, 1.82) is 0 Å². The van der Waals surface area contributed by atoms with Crippen LogP contribution in [0.3, 0.4) is 0 Å². The third-order valence-corrected chi connectivity index (χ3v) is 3.12. The predicted molar refractivity (Wildman–Crippen MR) is 74.9 cm³/mol. The van der Waals surface area contributed by atoms with Crippen LogP contribution in [0.1, 0.15) is 27.2 Å². The third kappa shape index (κ3) is 16.2. The lowest BCUT2D eigenvalue weighted by Crippen LogP contribution is -2.10. The van der Waals surface area contributed by atoms with Gasteiger partial charge in [0, 0.05) is 12.9 Å². The molecule has 0 bridgehead atoms. The normalized spacial score (nSPS) is 12.0. The standard InChI is InChI=1S/C13H28O3S/c1-13(2,3)5-11-17-12-10-16-9-8-15-7-6-14-4/h5-12H2,1-4H3. The second-order valence-electron chi connectivity index (χ2n) is 5.14. The van der Waals surface area contributed by atoms with Gasteiger partial charge in [0.15, 0.2) is 0 Å². The molecule has 0 aliphatic rings. The van der Waals surface area contributed by atoms with Crippen LogP contribution in [0.2, 0.25) is 0 Å². The second kappa shape index (κ2) is 11.3. The van der Waals surface area contributed by atoms with Crippen molar-refractivity contribution in [1.82, 2.24) is 0 Å². The average Bonchev–Trinajstić information content (AvgIpc) is 2.24. The van der Waals surface area contributed by atoms with Gasteiger partial charge in [-0.15, -0.1) is 0 Å². The molecule has 0 rings (SSSR count). The van der Waals surface area contributed by atoms with Gasteiger partial charge >= 0.3 is 0 Å². The second-order valence-corrected chi connectivity index (χ2v) is 6.37. The first-order valence-corrected chi connectivity index (χ1v) is 7.44. The van der Waals surface area contributed by atoms with Gasteiger partial charge in [0.1, 0.15) is 0 Å². The van der Waals surface area contributed by atoms with Crippen LogP contribution in [0.5, 0.6) is 0 Å². The van der Waals surface area contributed by atoms with E-state index < -0.39 is 0 Å². The molecule has 0 radical (unpaired) electrons. The maximum atomic E-state index is 5.46. The predicted octanol–water partition coefficient (Wildman–Crippen LogP) is 2.84. The molecule has 0 atom stereocenters. The van der Waals surface area contributed by atoms with Gasteiger partial charge in [-0.05, 0) is 17.6 Å². The van der Waals surface area contributed by atoms with Gasteiger partial charge in [-0.1, -0.05) is 20.8 Å². The summed E-state index contributed by atoms with van der Waals surface area (Å²) in [5.41, 5.74) is 0.447. The van der Waals surface area contributed by atoms with Crippen molar-refractivity contribution < 1.29 is 14.2 Å². The monoisotopic (exact) mass is 264 g/mol. The average molecular weight is 264 g/mol. The van der Waals surface area contributed by atoms with Gasteiger partial charge in [-0.25, -0.2) is 0 Å². The molecule has 0 spiro atoms. The van der Waals surface area contributed by atoms with Crippen molar-refractivity contribution in [3.63, 3.8) is 0 Å². The summed E-state index contributed by atoms with van der Waals surface area (Å²) in [5.74, 6) is 2.30. The Bertz CT molecular complexity index is 157. The molecule has 0 heterocycles. The van der Waals surface area contributed by atoms with E-state index in [1.807, 2.05) is 11.8 Å². The van der Waals surface area contributed by atoms with Crippen molar-refractivity contribution in [2.75, 3.05) is 51.6 Å². The van der Waals surface area contributed by atoms with Crippen LogP contribution in [0.15, 0.2) is 0 Å². The number of methoxy groups -OCH3 is 1. The Balaban J connectivity index is 2.99. The van der Waals surface area contributed by atoms with E-state index >= 15 is 0 Å². The summed E-state index contributed by atoms with van der Waals surface area (Å²) < 4.78 is 15.6. The molecule has 0 aliphatic heterocycles. The minimum absolute atomic E-state index is 0.447. The van der Waals surface area contributed by atoms with Gasteiger partial charge < -0.3 is 14.2 Å². The number of rotatable bonds is 11. The van der Waals surface area contributed by atoms with Crippen LogP contribution in [0.4, 0.5) is 0 Å². The molecule has 104 valence electrons. The van der Waals surface area contributed by atoms with Crippen LogP contribution >= 0.6 is 11.8 Å². The molecule has 4 heteroatoms. The summed E-state index contributed by atoms with van der Waals surface area (Å²) in [5, 5.41) is 0. The van der Waals surface area contributed by atoms with Crippen LogP contribution < -0.4 is 0 Å². The van der Waals surface area contributed by atoms with Gasteiger partial charge in [0.25, 0.3) is 0 Å². The SMILES string of the molecule is COCCOCCOCCSCCC(C)(C)C. The first kappa shape index (κ1) is 17.2. The summed E-state index contributed by atoms with van der Waals surface area (Å²) in [4.78, 5) is 0. The maximum Gasteiger partial charge on any atom is 0.0701 e. The van der Waals surface area contributed by atoms with E-state index in [2.05, 4.69) is 20.8 Å². The Hall–Kier alpha value is 0.230. The molecule has 17 heavy (non-hydrogen) atoms. The Labute approximate surface area is 111 Å². The molecular weight excluding hydrogens is 236 g/mol. The van der Waals surface area contributed by atoms with Crippen LogP contribution in [0.25, 0.3) is 0 Å². The first-order chi connectivity index (χ1) is 8.06. The minimum atomic E-state index is 0.447. The lowest BCUT2D eigenvalue weighted by Gasteiger charge is -2.17. The Kier molecular flexibility index (Phi) is 11.5. The molecular formula is C13H28O3S. The highest BCUT2D eigenvalue weighted by Crippen LogP contribution is 2.21. The van der Waals surface area contributed by atoms with Crippen molar-refractivity contribution >= 4 is 11.8 Å². The van der Waals surface area contributed by atoms with E-state index in [0.29, 0.717) is 31.8 Å². The van der Waals surface area contributed by atoms with Gasteiger partial charge in [-0.2, -0.15) is 11.8 Å². The van der Waals surface area contributed by atoms with E-state index in [-0.39, 0.29) is 0 Å². The zero-order valence-electron chi connectivity index (χ0n) is 11.8. The summed E-state index contributed by atoms with van der Waals surface area (Å²) in [7, 11) is 1.68. The quantitative estimate of drug-likeness (QED) is 0.536. The van der Waals surface area contributed by atoms with Crippen LogP contribution in [-0.4, -0.2) is 51.6 Å². The molecule has 0 fully saturated rings. The molecule has 0 amide bonds. The van der Waals surface area contributed by atoms with Gasteiger partial charge in [0.2, 0.25) is 0 Å². The molecule has 0 saturated heterocycles. The molecule has 0 aromatic rings. The van der Waals surface area contributed by atoms with Crippen LogP contribution in [0, 0.1) is 5.41 Å². The van der Waals surface area contributed by atoms with Gasteiger partial charge in [-0.3, -0.25) is 0 Å². The summed E-state index contributed by atoms with van der Waals surface area (Å²) >= 11 is 1.97. The fourth-order valence-corrected chi connectivity index (χ4v) is 2.26. The topological polar surface area (TPSA) is 27.7 Å². The third-order valence-electron chi connectivity index (χ3n) is 2.17. The number of ether oxygens (including phenoxy) is 3. The Morgan fingerprint density at radius 2 is 1.41 bits per heavy atom. The van der Waals surface area contributed by atoms with E-state index in [9.17, 15) is 0 Å². The molecule has 0 aromatic heterocycles.